The molecule has 3 atom stereocenters. The molecule has 2 N–H and O–H groups in total. The first kappa shape index (κ1) is 28.1. The molecule has 7 nitrogen and oxygen atoms in total. The van der Waals surface area contributed by atoms with Crippen molar-refractivity contribution in [3.8, 4) is 11.5 Å². The summed E-state index contributed by atoms with van der Waals surface area (Å²) in [5.41, 5.74) is 2.70. The van der Waals surface area contributed by atoms with Gasteiger partial charge in [0.1, 0.15) is 17.6 Å². The molecular weight excluding hydrogens is 500 g/mol. The molecule has 1 fully saturated rings. The van der Waals surface area contributed by atoms with E-state index in [-0.39, 0.29) is 36.9 Å². The lowest BCUT2D eigenvalue weighted by molar-refractivity contribution is -0.137. The monoisotopic (exact) mass is 540 g/mol. The third kappa shape index (κ3) is 6.95. The maximum absolute atomic E-state index is 12.7. The Morgan fingerprint density at radius 3 is 2.58 bits per heavy atom. The first-order chi connectivity index (χ1) is 18.4. The highest BCUT2D eigenvalue weighted by atomic mass is 32.2. The van der Waals surface area contributed by atoms with Crippen LogP contribution in [0.1, 0.15) is 67.3 Å². The third-order valence-electron chi connectivity index (χ3n) is 7.77. The zero-order valence-electron chi connectivity index (χ0n) is 22.7. The highest BCUT2D eigenvalue weighted by Gasteiger charge is 2.41. The number of thioether (sulfide) groups is 1. The molecule has 8 heteroatoms. The number of ether oxygens (including phenoxy) is 2. The summed E-state index contributed by atoms with van der Waals surface area (Å²) < 4.78 is 12.5. The topological polar surface area (TPSA) is 88.1 Å². The van der Waals surface area contributed by atoms with Crippen LogP contribution in [0.2, 0.25) is 0 Å². The number of nitrogens with zero attached hydrogens (tertiary/aromatic N) is 1. The molecule has 0 saturated heterocycles. The van der Waals surface area contributed by atoms with Crippen molar-refractivity contribution in [3.63, 3.8) is 0 Å². The van der Waals surface area contributed by atoms with Crippen molar-refractivity contribution < 1.29 is 24.2 Å². The predicted octanol–water partition coefficient (Wildman–Crippen LogP) is 5.90. The number of carboxylic acid groups (broad SMARTS) is 1. The molecule has 0 radical (unpaired) electrons. The van der Waals surface area contributed by atoms with Gasteiger partial charge in [-0.3, -0.25) is 9.59 Å². The second-order valence-corrected chi connectivity index (χ2v) is 11.4. The van der Waals surface area contributed by atoms with Gasteiger partial charge in [0.05, 0.1) is 19.1 Å². The van der Waals surface area contributed by atoms with E-state index in [0.717, 1.165) is 22.9 Å². The van der Waals surface area contributed by atoms with Crippen molar-refractivity contribution in [1.82, 2.24) is 4.90 Å². The van der Waals surface area contributed by atoms with Crippen molar-refractivity contribution in [1.29, 1.82) is 0 Å². The number of carboxylic acids is 1. The van der Waals surface area contributed by atoms with Gasteiger partial charge in [-0.15, -0.1) is 0 Å². The number of anilines is 1. The fraction of sp³-hybridized carbons (Fsp3) is 0.533. The molecule has 0 spiro atoms. The van der Waals surface area contributed by atoms with Crippen LogP contribution in [0.4, 0.5) is 5.69 Å². The lowest BCUT2D eigenvalue weighted by atomic mass is 9.78. The van der Waals surface area contributed by atoms with Gasteiger partial charge >= 0.3 is 5.97 Å². The Morgan fingerprint density at radius 1 is 1.16 bits per heavy atom. The fourth-order valence-electron chi connectivity index (χ4n) is 5.58. The van der Waals surface area contributed by atoms with Crippen LogP contribution in [0, 0.1) is 5.92 Å². The summed E-state index contributed by atoms with van der Waals surface area (Å²) in [7, 11) is 1.63. The minimum atomic E-state index is -0.914. The quantitative estimate of drug-likeness (QED) is 0.324. The number of amides is 1. The molecule has 1 saturated carbocycles. The summed E-state index contributed by atoms with van der Waals surface area (Å²) in [5.74, 6) is 2.42. The Morgan fingerprint density at radius 2 is 1.89 bits per heavy atom. The standard InChI is InChI=1S/C30H40N2O5S/c1-20-25-19-24(36-17-18-38-3)13-14-26(25)37-29(20)28(21-7-5-4-6-8-21)31-23-11-9-22(10-12-23)30(35)32(2)16-15-27(33)34/h9-14,19-21,28-29,31H,4-8,15-18H2,1-3H3,(H,33,34). The number of nitrogens with one attached hydrogen (secondary N) is 1. The lowest BCUT2D eigenvalue weighted by Crippen LogP contribution is -2.44. The molecule has 0 aromatic heterocycles. The van der Waals surface area contributed by atoms with Crippen molar-refractivity contribution in [2.75, 3.05) is 37.5 Å². The summed E-state index contributed by atoms with van der Waals surface area (Å²) in [6.07, 6.45) is 8.12. The zero-order chi connectivity index (χ0) is 27.1. The van der Waals surface area contributed by atoms with Crippen molar-refractivity contribution in [2.24, 2.45) is 5.92 Å². The third-order valence-corrected chi connectivity index (χ3v) is 8.34. The molecule has 2 aromatic carbocycles. The second kappa shape index (κ2) is 13.3. The first-order valence-electron chi connectivity index (χ1n) is 13.6. The molecule has 3 unspecified atom stereocenters. The molecule has 4 rings (SSSR count). The van der Waals surface area contributed by atoms with E-state index in [2.05, 4.69) is 24.6 Å². The van der Waals surface area contributed by atoms with Gasteiger partial charge in [-0.25, -0.2) is 0 Å². The van der Waals surface area contributed by atoms with Gasteiger partial charge in [0, 0.05) is 42.1 Å². The number of hydrogen-bond acceptors (Lipinski definition) is 6. The largest absolute Gasteiger partial charge is 0.493 e. The Labute approximate surface area is 230 Å². The Kier molecular flexibility index (Phi) is 9.83. The van der Waals surface area contributed by atoms with Gasteiger partial charge in [-0.1, -0.05) is 26.2 Å². The van der Waals surface area contributed by atoms with E-state index >= 15 is 0 Å². The van der Waals surface area contributed by atoms with Crippen LogP contribution in [-0.2, 0) is 4.79 Å². The summed E-state index contributed by atoms with van der Waals surface area (Å²) in [5, 5.41) is 12.7. The molecule has 1 heterocycles. The van der Waals surface area contributed by atoms with Crippen LogP contribution >= 0.6 is 11.8 Å². The molecule has 1 aliphatic carbocycles. The van der Waals surface area contributed by atoms with Crippen LogP contribution in [0.15, 0.2) is 42.5 Å². The summed E-state index contributed by atoms with van der Waals surface area (Å²) in [4.78, 5) is 25.0. The van der Waals surface area contributed by atoms with Gasteiger partial charge < -0.3 is 24.8 Å². The maximum Gasteiger partial charge on any atom is 0.305 e. The minimum Gasteiger partial charge on any atom is -0.493 e. The predicted molar refractivity (Wildman–Crippen MR) is 153 cm³/mol. The van der Waals surface area contributed by atoms with Gasteiger partial charge in [0.25, 0.3) is 5.91 Å². The van der Waals surface area contributed by atoms with Crippen molar-refractivity contribution >= 4 is 29.3 Å². The van der Waals surface area contributed by atoms with Crippen LogP contribution < -0.4 is 14.8 Å². The van der Waals surface area contributed by atoms with E-state index in [4.69, 9.17) is 14.6 Å². The van der Waals surface area contributed by atoms with Crippen molar-refractivity contribution in [2.45, 2.75) is 63.5 Å². The highest BCUT2D eigenvalue weighted by molar-refractivity contribution is 7.98. The number of hydrogen-bond donors (Lipinski definition) is 2. The van der Waals surface area contributed by atoms with E-state index in [9.17, 15) is 9.59 Å². The number of rotatable bonds is 12. The summed E-state index contributed by atoms with van der Waals surface area (Å²) in [6, 6.07) is 13.8. The Bertz CT molecular complexity index is 1090. The second-order valence-electron chi connectivity index (χ2n) is 10.4. The van der Waals surface area contributed by atoms with Crippen LogP contribution in [0.3, 0.4) is 0 Å². The Hall–Kier alpha value is -2.87. The van der Waals surface area contributed by atoms with Crippen molar-refractivity contribution in [3.05, 3.63) is 53.6 Å². The molecule has 1 aliphatic heterocycles. The SMILES string of the molecule is CSCCOc1ccc2c(c1)C(C)C(C(Nc1ccc(C(=O)N(C)CCC(=O)O)cc1)C1CCCCC1)O2. The smallest absolute Gasteiger partial charge is 0.305 e. The average Bonchev–Trinajstić information content (AvgIpc) is 3.26. The first-order valence-corrected chi connectivity index (χ1v) is 15.0. The van der Waals surface area contributed by atoms with Gasteiger partial charge in [-0.2, -0.15) is 11.8 Å². The summed E-state index contributed by atoms with van der Waals surface area (Å²) >= 11 is 1.77. The van der Waals surface area contributed by atoms with Crippen LogP contribution in [0.25, 0.3) is 0 Å². The molecule has 1 amide bonds. The molecule has 2 aromatic rings. The summed E-state index contributed by atoms with van der Waals surface area (Å²) in [6.45, 7) is 3.12. The highest BCUT2D eigenvalue weighted by Crippen LogP contribution is 2.44. The number of aliphatic carboxylic acids is 1. The number of benzene rings is 2. The molecular formula is C30H40N2O5S. The number of carbonyl (C=O) groups is 2. The van der Waals surface area contributed by atoms with Crippen LogP contribution in [-0.4, -0.2) is 66.2 Å². The normalized spacial score (nSPS) is 19.8. The van der Waals surface area contributed by atoms with Gasteiger partial charge in [0.2, 0.25) is 0 Å². The molecule has 38 heavy (non-hydrogen) atoms. The molecule has 0 bridgehead atoms. The zero-order valence-corrected chi connectivity index (χ0v) is 23.5. The lowest BCUT2D eigenvalue weighted by Gasteiger charge is -2.36. The van der Waals surface area contributed by atoms with E-state index in [1.165, 1.54) is 42.6 Å². The van der Waals surface area contributed by atoms with Crippen LogP contribution in [0.5, 0.6) is 11.5 Å². The maximum atomic E-state index is 12.7. The minimum absolute atomic E-state index is 0.00184. The van der Waals surface area contributed by atoms with E-state index in [0.29, 0.717) is 18.1 Å². The number of fused-ring (bicyclic) bond motifs is 1. The van der Waals surface area contributed by atoms with Gasteiger partial charge in [0.15, 0.2) is 0 Å². The molecule has 2 aliphatic rings. The Balaban J connectivity index is 1.48. The van der Waals surface area contributed by atoms with E-state index in [1.807, 2.05) is 36.4 Å². The molecule has 206 valence electrons. The fourth-order valence-corrected chi connectivity index (χ4v) is 5.83. The number of carbonyl (C=O) groups excluding carboxylic acids is 1. The van der Waals surface area contributed by atoms with Gasteiger partial charge in [-0.05, 0) is 67.5 Å². The van der Waals surface area contributed by atoms with E-state index in [1.54, 1.807) is 18.8 Å². The average molecular weight is 541 g/mol. The van der Waals surface area contributed by atoms with E-state index < -0.39 is 5.97 Å².